The van der Waals surface area contributed by atoms with Gasteiger partial charge in [0.1, 0.15) is 16.7 Å². The van der Waals surface area contributed by atoms with Crippen molar-refractivity contribution in [1.29, 1.82) is 0 Å². The second kappa shape index (κ2) is 20.9. The van der Waals surface area contributed by atoms with Crippen LogP contribution in [-0.2, 0) is 25.5 Å². The third-order valence-electron chi connectivity index (χ3n) is 10.5. The van der Waals surface area contributed by atoms with Gasteiger partial charge >= 0.3 is 11.9 Å². The van der Waals surface area contributed by atoms with Crippen LogP contribution >= 0.6 is 11.3 Å². The van der Waals surface area contributed by atoms with Gasteiger partial charge in [0.05, 0.1) is 17.5 Å². The lowest BCUT2D eigenvalue weighted by Gasteiger charge is -2.34. The molecule has 1 aromatic heterocycles. The molecule has 2 heterocycles. The fraction of sp³-hybridized carbons (Fsp3) is 0.524. The van der Waals surface area contributed by atoms with Crippen LogP contribution in [0.3, 0.4) is 0 Å². The number of carbonyl (C=O) groups excluding carboxylic acids is 4. The van der Waals surface area contributed by atoms with Crippen LogP contribution in [0.5, 0.6) is 0 Å². The zero-order chi connectivity index (χ0) is 40.1. The van der Waals surface area contributed by atoms with E-state index in [1.165, 1.54) is 11.3 Å². The van der Waals surface area contributed by atoms with Crippen molar-refractivity contribution in [2.75, 3.05) is 13.6 Å². The van der Waals surface area contributed by atoms with Crippen molar-refractivity contribution in [3.63, 3.8) is 0 Å². The number of thiazole rings is 1. The van der Waals surface area contributed by atoms with Gasteiger partial charge in [0.25, 0.3) is 5.91 Å². The molecule has 2 aromatic carbocycles. The topological polar surface area (TPSA) is 167 Å². The number of benzene rings is 2. The highest BCUT2D eigenvalue weighted by atomic mass is 32.1. The highest BCUT2D eigenvalue weighted by Gasteiger charge is 2.35. The molecule has 298 valence electrons. The summed E-state index contributed by atoms with van der Waals surface area (Å²) >= 11 is 1.17. The lowest BCUT2D eigenvalue weighted by atomic mass is 9.94. The highest BCUT2D eigenvalue weighted by molar-refractivity contribution is 7.09. The number of ether oxygens (including phenoxy) is 1. The second-order valence-electron chi connectivity index (χ2n) is 15.1. The van der Waals surface area contributed by atoms with Crippen LogP contribution in [-0.4, -0.2) is 82.4 Å². The first-order chi connectivity index (χ1) is 26.3. The molecule has 0 aliphatic carbocycles. The fourth-order valence-electron chi connectivity index (χ4n) is 6.75. The molecule has 4 N–H and O–H groups in total. The quantitative estimate of drug-likeness (QED) is 0.106. The Kier molecular flexibility index (Phi) is 16.4. The van der Waals surface area contributed by atoms with E-state index in [-0.39, 0.29) is 48.2 Å². The Balaban J connectivity index is 1.56. The molecule has 4 rings (SSSR count). The maximum atomic E-state index is 14.0. The number of nitrogens with one attached hydrogen (secondary N) is 3. The minimum absolute atomic E-state index is 0.0997. The Labute approximate surface area is 328 Å². The Bertz CT molecular complexity index is 1720. The van der Waals surface area contributed by atoms with Crippen LogP contribution in [0, 0.1) is 17.8 Å². The summed E-state index contributed by atoms with van der Waals surface area (Å²) in [5.41, 5.74) is 1.41. The number of carboxylic acids is 1. The third kappa shape index (κ3) is 12.7. The van der Waals surface area contributed by atoms with Gasteiger partial charge in [-0.3, -0.25) is 24.1 Å². The van der Waals surface area contributed by atoms with Gasteiger partial charge in [-0.05, 0) is 68.8 Å². The number of amides is 3. The largest absolute Gasteiger partial charge is 0.481 e. The van der Waals surface area contributed by atoms with Crippen molar-refractivity contribution in [2.45, 2.75) is 110 Å². The van der Waals surface area contributed by atoms with Crippen molar-refractivity contribution in [2.24, 2.45) is 17.8 Å². The van der Waals surface area contributed by atoms with Crippen molar-refractivity contribution in [3.05, 3.63) is 87.9 Å². The number of aromatic nitrogens is 1. The van der Waals surface area contributed by atoms with E-state index in [1.54, 1.807) is 42.6 Å². The van der Waals surface area contributed by atoms with Crippen LogP contribution in [0.15, 0.2) is 66.0 Å². The van der Waals surface area contributed by atoms with Crippen LogP contribution in [0.25, 0.3) is 0 Å². The zero-order valence-electron chi connectivity index (χ0n) is 32.8. The number of likely N-dealkylation sites (tertiary alicyclic amines) is 1. The van der Waals surface area contributed by atoms with Crippen molar-refractivity contribution >= 4 is 41.0 Å². The monoisotopic (exact) mass is 775 g/mol. The zero-order valence-corrected chi connectivity index (χ0v) is 33.6. The van der Waals surface area contributed by atoms with Crippen molar-refractivity contribution < 1.29 is 33.8 Å². The number of carbonyl (C=O) groups is 5. The first kappa shape index (κ1) is 43.1. The Morgan fingerprint density at radius 1 is 0.927 bits per heavy atom. The third-order valence-corrected chi connectivity index (χ3v) is 11.4. The summed E-state index contributed by atoms with van der Waals surface area (Å²) in [4.78, 5) is 72.9. The summed E-state index contributed by atoms with van der Waals surface area (Å²) in [5, 5.41) is 20.8. The van der Waals surface area contributed by atoms with E-state index in [0.29, 0.717) is 23.4 Å². The van der Waals surface area contributed by atoms with E-state index in [4.69, 9.17) is 4.74 Å². The summed E-state index contributed by atoms with van der Waals surface area (Å²) in [7, 11) is 1.93. The molecule has 13 heteroatoms. The molecule has 3 aromatic rings. The average molecular weight is 776 g/mol. The molecule has 1 aliphatic rings. The van der Waals surface area contributed by atoms with Gasteiger partial charge in [0, 0.05) is 23.9 Å². The Morgan fingerprint density at radius 2 is 1.60 bits per heavy atom. The molecule has 1 aliphatic heterocycles. The van der Waals surface area contributed by atoms with Gasteiger partial charge in [-0.2, -0.15) is 0 Å². The summed E-state index contributed by atoms with van der Waals surface area (Å²) in [6, 6.07) is 16.1. The number of likely N-dealkylation sites (N-methyl/N-ethyl adjacent to an activating group) is 1. The van der Waals surface area contributed by atoms with E-state index >= 15 is 0 Å². The highest BCUT2D eigenvalue weighted by Crippen LogP contribution is 2.30. The lowest BCUT2D eigenvalue weighted by Crippen LogP contribution is -2.57. The number of nitrogens with zero attached hydrogens (tertiary/aromatic N) is 2. The van der Waals surface area contributed by atoms with Gasteiger partial charge in [-0.15, -0.1) is 11.3 Å². The summed E-state index contributed by atoms with van der Waals surface area (Å²) in [5.74, 6) is -3.40. The van der Waals surface area contributed by atoms with Crippen LogP contribution < -0.4 is 16.0 Å². The Morgan fingerprint density at radius 3 is 2.22 bits per heavy atom. The van der Waals surface area contributed by atoms with E-state index in [1.807, 2.05) is 70.0 Å². The maximum absolute atomic E-state index is 14.0. The fourth-order valence-corrected chi connectivity index (χ4v) is 7.59. The van der Waals surface area contributed by atoms with Crippen molar-refractivity contribution in [3.8, 4) is 0 Å². The SMILES string of the molecule is CCC(C)C(NC(=O)C1CCCCN1C)C(=O)NC(CC(OC(=O)c1ccccc1)c1nc(C(=O)NC(Cc2ccccc2)CC(C)C(=O)O)cs1)C(C)C. The molecule has 12 nitrogen and oxygen atoms in total. The summed E-state index contributed by atoms with van der Waals surface area (Å²) in [6.07, 6.45) is 3.30. The van der Waals surface area contributed by atoms with Crippen LogP contribution in [0.4, 0.5) is 0 Å². The van der Waals surface area contributed by atoms with Crippen molar-refractivity contribution in [1.82, 2.24) is 25.8 Å². The number of carboxylic acid groups (broad SMARTS) is 1. The van der Waals surface area contributed by atoms with Gasteiger partial charge in [-0.1, -0.05) is 96.0 Å². The summed E-state index contributed by atoms with van der Waals surface area (Å²) < 4.78 is 6.09. The minimum Gasteiger partial charge on any atom is -0.481 e. The molecular formula is C42H57N5O7S. The molecule has 3 amide bonds. The average Bonchev–Trinajstić information content (AvgIpc) is 3.67. The van der Waals surface area contributed by atoms with E-state index < -0.39 is 48.0 Å². The maximum Gasteiger partial charge on any atom is 0.338 e. The smallest absolute Gasteiger partial charge is 0.338 e. The standard InChI is InChI=1S/C42H57N5O7S/c1-7-27(4)36(46-38(49)34-20-14-15-21-47(34)6)39(50)44-32(26(2)3)24-35(54-42(53)30-18-12-9-13-19-30)40-45-33(25-55-40)37(48)43-31(22-28(5)41(51)52)23-29-16-10-8-11-17-29/h8-13,16-19,25-28,31-32,34-36H,7,14-15,20-24H2,1-6H3,(H,43,48)(H,44,50)(H,46,49)(H,51,52). The van der Waals surface area contributed by atoms with E-state index in [9.17, 15) is 29.1 Å². The molecule has 1 fully saturated rings. The van der Waals surface area contributed by atoms with Crippen LogP contribution in [0.1, 0.15) is 111 Å². The number of esters is 1. The number of piperidine rings is 1. The van der Waals surface area contributed by atoms with E-state index in [2.05, 4.69) is 20.9 Å². The second-order valence-corrected chi connectivity index (χ2v) is 16.0. The number of aliphatic carboxylic acids is 1. The summed E-state index contributed by atoms with van der Waals surface area (Å²) in [6.45, 7) is 10.3. The molecule has 55 heavy (non-hydrogen) atoms. The molecule has 7 unspecified atom stereocenters. The van der Waals surface area contributed by atoms with Gasteiger partial charge in [0.2, 0.25) is 11.8 Å². The van der Waals surface area contributed by atoms with E-state index in [0.717, 1.165) is 31.4 Å². The molecule has 0 spiro atoms. The van der Waals surface area contributed by atoms with Gasteiger partial charge < -0.3 is 25.8 Å². The normalized spacial score (nSPS) is 17.9. The number of hydrogen-bond donors (Lipinski definition) is 4. The molecule has 7 atom stereocenters. The molecule has 0 saturated carbocycles. The van der Waals surface area contributed by atoms with Crippen LogP contribution in [0.2, 0.25) is 0 Å². The molecule has 0 radical (unpaired) electrons. The Hall–Kier alpha value is -4.62. The first-order valence-electron chi connectivity index (χ1n) is 19.4. The molecular weight excluding hydrogens is 719 g/mol. The number of rotatable bonds is 19. The lowest BCUT2D eigenvalue weighted by molar-refractivity contribution is -0.141. The predicted molar refractivity (Wildman–Crippen MR) is 213 cm³/mol. The molecule has 1 saturated heterocycles. The predicted octanol–water partition coefficient (Wildman–Crippen LogP) is 6.04. The molecule has 0 bridgehead atoms. The minimum atomic E-state index is -0.951. The van der Waals surface area contributed by atoms with Gasteiger partial charge in [0.15, 0.2) is 6.10 Å². The number of hydrogen-bond acceptors (Lipinski definition) is 9. The first-order valence-corrected chi connectivity index (χ1v) is 20.2. The van der Waals surface area contributed by atoms with Gasteiger partial charge in [-0.25, -0.2) is 9.78 Å².